The fourth-order valence-electron chi connectivity index (χ4n) is 1.64. The van der Waals surface area contributed by atoms with Crippen molar-refractivity contribution in [3.05, 3.63) is 28.1 Å². The van der Waals surface area contributed by atoms with E-state index in [1.54, 1.807) is 0 Å². The summed E-state index contributed by atoms with van der Waals surface area (Å²) in [6, 6.07) is 0.367. The van der Waals surface area contributed by atoms with E-state index in [9.17, 15) is 24.5 Å². The number of nitrogens with zero attached hydrogens (tertiary/aromatic N) is 2. The lowest BCUT2D eigenvalue weighted by molar-refractivity contribution is -0.384. The predicted octanol–water partition coefficient (Wildman–Crippen LogP) is 0.716. The van der Waals surface area contributed by atoms with Crippen LogP contribution >= 0.6 is 0 Å². The number of nitro groups is 1. The zero-order valence-electron chi connectivity index (χ0n) is 12.8. The number of esters is 1. The normalized spacial score (nSPS) is 10.0. The van der Waals surface area contributed by atoms with Crippen molar-refractivity contribution in [2.75, 3.05) is 13.2 Å². The Balaban J connectivity index is 2.45. The molecule has 23 heavy (non-hydrogen) atoms. The van der Waals surface area contributed by atoms with Gasteiger partial charge < -0.3 is 14.6 Å². The monoisotopic (exact) mass is 326 g/mol. The third-order valence-electron chi connectivity index (χ3n) is 2.81. The van der Waals surface area contributed by atoms with E-state index in [1.165, 1.54) is 11.6 Å². The molecule has 0 unspecified atom stereocenters. The molecule has 0 saturated carbocycles. The Kier molecular flexibility index (Phi) is 6.71. The number of ether oxygens (including phenoxy) is 1. The van der Waals surface area contributed by atoms with Crippen LogP contribution in [0.5, 0.6) is 0 Å². The fraction of sp³-hybridized carbons (Fsp3) is 0.462. The Hall–Kier alpha value is -2.91. The Morgan fingerprint density at radius 3 is 2.65 bits per heavy atom. The van der Waals surface area contributed by atoms with Gasteiger partial charge in [0.15, 0.2) is 6.61 Å². The summed E-state index contributed by atoms with van der Waals surface area (Å²) in [5.41, 5.74) is -0.337. The number of hydrogen-bond donors (Lipinski definition) is 2. The topological polar surface area (TPSA) is 133 Å². The molecule has 0 aliphatic rings. The standard InChI is InChI=1S/C13H18N4O6/c1-3-4-5-14-13(20)15-11(18)8-23-12(19)10-6-9(17(21)22)7-16(10)2/h6-7H,3-5,8H2,1-2H3,(H2,14,15,18,20). The number of carbonyl (C=O) groups is 3. The maximum Gasteiger partial charge on any atom is 0.355 e. The van der Waals surface area contributed by atoms with E-state index in [0.29, 0.717) is 6.54 Å². The molecule has 0 aliphatic heterocycles. The van der Waals surface area contributed by atoms with E-state index in [1.807, 2.05) is 12.2 Å². The maximum absolute atomic E-state index is 11.8. The molecule has 10 nitrogen and oxygen atoms in total. The number of imide groups is 1. The van der Waals surface area contributed by atoms with Crippen LogP contribution < -0.4 is 10.6 Å². The molecule has 2 N–H and O–H groups in total. The van der Waals surface area contributed by atoms with Crippen molar-refractivity contribution in [1.29, 1.82) is 0 Å². The van der Waals surface area contributed by atoms with E-state index in [4.69, 9.17) is 4.74 Å². The van der Waals surface area contributed by atoms with Crippen molar-refractivity contribution in [3.63, 3.8) is 0 Å². The van der Waals surface area contributed by atoms with Crippen molar-refractivity contribution in [3.8, 4) is 0 Å². The molecule has 3 amide bonds. The number of rotatable bonds is 7. The lowest BCUT2D eigenvalue weighted by Gasteiger charge is -2.07. The quantitative estimate of drug-likeness (QED) is 0.328. The van der Waals surface area contributed by atoms with E-state index in [0.717, 1.165) is 25.1 Å². The number of hydrogen-bond acceptors (Lipinski definition) is 6. The van der Waals surface area contributed by atoms with Crippen LogP contribution in [0, 0.1) is 10.1 Å². The number of urea groups is 1. The van der Waals surface area contributed by atoms with Crippen LogP contribution in [-0.4, -0.2) is 40.5 Å². The van der Waals surface area contributed by atoms with Crippen molar-refractivity contribution >= 4 is 23.6 Å². The molecule has 1 rings (SSSR count). The Bertz CT molecular complexity index is 610. The second-order valence-corrected chi connectivity index (χ2v) is 4.69. The summed E-state index contributed by atoms with van der Waals surface area (Å²) in [5, 5.41) is 15.1. The Morgan fingerprint density at radius 2 is 2.09 bits per heavy atom. The number of aryl methyl sites for hydroxylation is 1. The molecule has 1 aromatic heterocycles. The van der Waals surface area contributed by atoms with Crippen LogP contribution in [0.4, 0.5) is 10.5 Å². The molecule has 0 bridgehead atoms. The highest BCUT2D eigenvalue weighted by Crippen LogP contribution is 2.15. The zero-order valence-corrected chi connectivity index (χ0v) is 12.8. The summed E-state index contributed by atoms with van der Waals surface area (Å²) in [5.74, 6) is -1.70. The minimum absolute atomic E-state index is 0.0723. The van der Waals surface area contributed by atoms with Crippen LogP contribution in [0.15, 0.2) is 12.3 Å². The van der Waals surface area contributed by atoms with Gasteiger partial charge in [-0.15, -0.1) is 0 Å². The van der Waals surface area contributed by atoms with Gasteiger partial charge in [-0.3, -0.25) is 20.2 Å². The van der Waals surface area contributed by atoms with Crippen LogP contribution in [0.1, 0.15) is 30.3 Å². The highest BCUT2D eigenvalue weighted by molar-refractivity contribution is 5.96. The van der Waals surface area contributed by atoms with Crippen LogP contribution in [-0.2, 0) is 16.6 Å². The summed E-state index contributed by atoms with van der Waals surface area (Å²) < 4.78 is 5.93. The Labute approximate surface area is 131 Å². The van der Waals surface area contributed by atoms with Crippen molar-refractivity contribution in [2.45, 2.75) is 19.8 Å². The minimum atomic E-state index is -0.901. The largest absolute Gasteiger partial charge is 0.451 e. The number of amides is 3. The van der Waals surface area contributed by atoms with Gasteiger partial charge >= 0.3 is 12.0 Å². The first kappa shape index (κ1) is 18.1. The summed E-state index contributed by atoms with van der Waals surface area (Å²) in [4.78, 5) is 44.5. The highest BCUT2D eigenvalue weighted by Gasteiger charge is 2.19. The zero-order chi connectivity index (χ0) is 17.4. The molecule has 0 radical (unpaired) electrons. The molecule has 0 saturated heterocycles. The second kappa shape index (κ2) is 8.51. The summed E-state index contributed by atoms with van der Waals surface area (Å²) >= 11 is 0. The first-order valence-electron chi connectivity index (χ1n) is 6.90. The molecule has 0 fully saturated rings. The molecule has 0 aromatic carbocycles. The summed E-state index contributed by atoms with van der Waals surface area (Å²) in [7, 11) is 1.44. The molecule has 0 atom stereocenters. The van der Waals surface area contributed by atoms with Crippen LogP contribution in [0.25, 0.3) is 0 Å². The van der Waals surface area contributed by atoms with E-state index >= 15 is 0 Å². The number of unbranched alkanes of at least 4 members (excludes halogenated alkanes) is 1. The first-order valence-corrected chi connectivity index (χ1v) is 6.90. The predicted molar refractivity (Wildman–Crippen MR) is 78.8 cm³/mol. The average Bonchev–Trinajstić information content (AvgIpc) is 2.87. The SMILES string of the molecule is CCCCNC(=O)NC(=O)COC(=O)c1cc([N+](=O)[O-])cn1C. The van der Waals surface area contributed by atoms with Gasteiger partial charge in [-0.2, -0.15) is 0 Å². The number of aromatic nitrogens is 1. The second-order valence-electron chi connectivity index (χ2n) is 4.69. The van der Waals surface area contributed by atoms with E-state index in [2.05, 4.69) is 5.32 Å². The third-order valence-corrected chi connectivity index (χ3v) is 2.81. The lowest BCUT2D eigenvalue weighted by Crippen LogP contribution is -2.41. The molecular weight excluding hydrogens is 308 g/mol. The summed E-state index contributed by atoms with van der Waals surface area (Å²) in [6.45, 7) is 1.72. The number of carbonyl (C=O) groups excluding carboxylic acids is 3. The number of nitrogens with one attached hydrogen (secondary N) is 2. The van der Waals surface area contributed by atoms with Gasteiger partial charge in [-0.05, 0) is 6.42 Å². The van der Waals surface area contributed by atoms with Gasteiger partial charge in [0, 0.05) is 19.7 Å². The molecule has 1 heterocycles. The molecule has 10 heteroatoms. The average molecular weight is 326 g/mol. The van der Waals surface area contributed by atoms with E-state index in [-0.39, 0.29) is 11.4 Å². The van der Waals surface area contributed by atoms with Crippen molar-refractivity contribution in [1.82, 2.24) is 15.2 Å². The van der Waals surface area contributed by atoms with Crippen molar-refractivity contribution < 1.29 is 24.0 Å². The van der Waals surface area contributed by atoms with Gasteiger partial charge in [-0.25, -0.2) is 9.59 Å². The molecule has 0 aliphatic carbocycles. The molecular formula is C13H18N4O6. The summed E-state index contributed by atoms with van der Waals surface area (Å²) in [6.07, 6.45) is 2.83. The third kappa shape index (κ3) is 5.77. The van der Waals surface area contributed by atoms with E-state index < -0.39 is 29.4 Å². The maximum atomic E-state index is 11.8. The molecule has 1 aromatic rings. The Morgan fingerprint density at radius 1 is 1.39 bits per heavy atom. The molecule has 0 spiro atoms. The van der Waals surface area contributed by atoms with Gasteiger partial charge in [0.1, 0.15) is 5.69 Å². The van der Waals surface area contributed by atoms with Crippen LogP contribution in [0.3, 0.4) is 0 Å². The minimum Gasteiger partial charge on any atom is -0.451 e. The van der Waals surface area contributed by atoms with Gasteiger partial charge in [0.05, 0.1) is 11.1 Å². The van der Waals surface area contributed by atoms with Gasteiger partial charge in [-0.1, -0.05) is 13.3 Å². The highest BCUT2D eigenvalue weighted by atomic mass is 16.6. The lowest BCUT2D eigenvalue weighted by atomic mass is 10.3. The van der Waals surface area contributed by atoms with Crippen LogP contribution in [0.2, 0.25) is 0 Å². The smallest absolute Gasteiger partial charge is 0.355 e. The van der Waals surface area contributed by atoms with Gasteiger partial charge in [0.25, 0.3) is 11.6 Å². The first-order chi connectivity index (χ1) is 10.8. The van der Waals surface area contributed by atoms with Crippen molar-refractivity contribution in [2.24, 2.45) is 7.05 Å². The molecule has 126 valence electrons. The van der Waals surface area contributed by atoms with Gasteiger partial charge in [0.2, 0.25) is 0 Å². The fourth-order valence-corrected chi connectivity index (χ4v) is 1.64.